The van der Waals surface area contributed by atoms with Crippen LogP contribution in [-0.4, -0.2) is 36.3 Å². The van der Waals surface area contributed by atoms with Gasteiger partial charge in [0.15, 0.2) is 0 Å². The fourth-order valence-electron chi connectivity index (χ4n) is 2.55. The molecule has 1 aromatic carbocycles. The monoisotopic (exact) mass is 360 g/mol. The molecule has 1 aliphatic rings. The Labute approximate surface area is 144 Å². The Morgan fingerprint density at radius 2 is 1.74 bits per heavy atom. The second-order valence-corrected chi connectivity index (χ2v) is 6.36. The first-order valence-electron chi connectivity index (χ1n) is 7.69. The second-order valence-electron chi connectivity index (χ2n) is 5.55. The number of benzene rings is 1. The van der Waals surface area contributed by atoms with E-state index >= 15 is 0 Å². The van der Waals surface area contributed by atoms with E-state index in [1.807, 2.05) is 4.90 Å². The fourth-order valence-corrected chi connectivity index (χ4v) is 3.02. The molecule has 2 rings (SSSR count). The van der Waals surface area contributed by atoms with Gasteiger partial charge < -0.3 is 10.2 Å². The summed E-state index contributed by atoms with van der Waals surface area (Å²) in [7, 11) is 0. The van der Waals surface area contributed by atoms with Gasteiger partial charge in [-0.1, -0.05) is 36.0 Å². The zero-order chi connectivity index (χ0) is 16.8. The topological polar surface area (TPSA) is 49.4 Å². The van der Waals surface area contributed by atoms with Crippen LogP contribution in [0.2, 0.25) is 10.0 Å². The SMILES string of the molecule is O=C(NCCC(=O)N1CCCCCC1)c1cc(F)c(Cl)cc1Cl. The number of carbonyl (C=O) groups excluding carboxylic acids is 2. The van der Waals surface area contributed by atoms with Crippen molar-refractivity contribution in [3.05, 3.63) is 33.6 Å². The molecular formula is C16H19Cl2FN2O2. The molecule has 0 atom stereocenters. The Bertz CT molecular complexity index is 588. The van der Waals surface area contributed by atoms with Gasteiger partial charge in [0.2, 0.25) is 5.91 Å². The van der Waals surface area contributed by atoms with Gasteiger partial charge in [-0.25, -0.2) is 4.39 Å². The third-order valence-electron chi connectivity index (χ3n) is 3.84. The molecule has 2 amide bonds. The lowest BCUT2D eigenvalue weighted by Gasteiger charge is -2.20. The van der Waals surface area contributed by atoms with Crippen molar-refractivity contribution in [2.24, 2.45) is 0 Å². The van der Waals surface area contributed by atoms with Gasteiger partial charge in [0.05, 0.1) is 15.6 Å². The van der Waals surface area contributed by atoms with E-state index in [2.05, 4.69) is 5.32 Å². The lowest BCUT2D eigenvalue weighted by molar-refractivity contribution is -0.131. The minimum Gasteiger partial charge on any atom is -0.351 e. The molecule has 1 heterocycles. The summed E-state index contributed by atoms with van der Waals surface area (Å²) in [5.74, 6) is -1.20. The molecule has 0 unspecified atom stereocenters. The number of likely N-dealkylation sites (tertiary alicyclic amines) is 1. The highest BCUT2D eigenvalue weighted by Gasteiger charge is 2.17. The molecule has 1 N–H and O–H groups in total. The number of halogens is 3. The standard InChI is InChI=1S/C16H19Cl2FN2O2/c17-12-10-13(18)14(19)9-11(12)16(23)20-6-5-15(22)21-7-3-1-2-4-8-21/h9-10H,1-8H2,(H,20,23). The molecule has 0 saturated carbocycles. The summed E-state index contributed by atoms with van der Waals surface area (Å²) in [6, 6.07) is 2.19. The normalized spacial score (nSPS) is 15.2. The van der Waals surface area contributed by atoms with Crippen LogP contribution in [0, 0.1) is 5.82 Å². The van der Waals surface area contributed by atoms with E-state index in [9.17, 15) is 14.0 Å². The first kappa shape index (κ1) is 18.0. The highest BCUT2D eigenvalue weighted by molar-refractivity contribution is 6.36. The Morgan fingerprint density at radius 3 is 2.39 bits per heavy atom. The molecule has 126 valence electrons. The Kier molecular flexibility index (Phi) is 6.66. The quantitative estimate of drug-likeness (QED) is 0.833. The van der Waals surface area contributed by atoms with Gasteiger partial charge in [-0.2, -0.15) is 0 Å². The number of hydrogen-bond donors (Lipinski definition) is 1. The molecule has 4 nitrogen and oxygen atoms in total. The van der Waals surface area contributed by atoms with E-state index in [4.69, 9.17) is 23.2 Å². The number of hydrogen-bond acceptors (Lipinski definition) is 2. The van der Waals surface area contributed by atoms with E-state index in [0.29, 0.717) is 0 Å². The minimum atomic E-state index is -0.707. The molecule has 0 bridgehead atoms. The summed E-state index contributed by atoms with van der Waals surface area (Å²) >= 11 is 11.5. The van der Waals surface area contributed by atoms with Crippen molar-refractivity contribution >= 4 is 35.0 Å². The van der Waals surface area contributed by atoms with E-state index in [-0.39, 0.29) is 34.5 Å². The lowest BCUT2D eigenvalue weighted by atomic mass is 10.2. The maximum absolute atomic E-state index is 13.4. The predicted molar refractivity (Wildman–Crippen MR) is 88.4 cm³/mol. The van der Waals surface area contributed by atoms with E-state index in [1.165, 1.54) is 6.07 Å². The minimum absolute atomic E-state index is 0.00999. The summed E-state index contributed by atoms with van der Waals surface area (Å²) in [5, 5.41) is 2.53. The zero-order valence-electron chi connectivity index (χ0n) is 12.7. The van der Waals surface area contributed by atoms with Crippen molar-refractivity contribution in [1.82, 2.24) is 10.2 Å². The van der Waals surface area contributed by atoms with Crippen molar-refractivity contribution < 1.29 is 14.0 Å². The second kappa shape index (κ2) is 8.50. The van der Waals surface area contributed by atoms with E-state index < -0.39 is 11.7 Å². The first-order valence-corrected chi connectivity index (χ1v) is 8.45. The van der Waals surface area contributed by atoms with Gasteiger partial charge >= 0.3 is 0 Å². The van der Waals surface area contributed by atoms with Crippen LogP contribution in [0.1, 0.15) is 42.5 Å². The molecule has 0 radical (unpaired) electrons. The molecule has 1 fully saturated rings. The van der Waals surface area contributed by atoms with E-state index in [0.717, 1.165) is 44.8 Å². The summed E-state index contributed by atoms with van der Waals surface area (Å²) in [4.78, 5) is 26.0. The Hall–Kier alpha value is -1.33. The van der Waals surface area contributed by atoms with Crippen molar-refractivity contribution in [1.29, 1.82) is 0 Å². The Morgan fingerprint density at radius 1 is 1.09 bits per heavy atom. The van der Waals surface area contributed by atoms with Crippen LogP contribution >= 0.6 is 23.2 Å². The van der Waals surface area contributed by atoms with Crippen LogP contribution in [0.15, 0.2) is 12.1 Å². The Balaban J connectivity index is 1.85. The van der Waals surface area contributed by atoms with Crippen molar-refractivity contribution in [3.63, 3.8) is 0 Å². The number of amides is 2. The van der Waals surface area contributed by atoms with Crippen LogP contribution in [0.25, 0.3) is 0 Å². The highest BCUT2D eigenvalue weighted by Crippen LogP contribution is 2.24. The zero-order valence-corrected chi connectivity index (χ0v) is 14.2. The largest absolute Gasteiger partial charge is 0.351 e. The molecule has 0 aromatic heterocycles. The number of rotatable bonds is 4. The summed E-state index contributed by atoms with van der Waals surface area (Å²) in [5.41, 5.74) is 0.00999. The maximum atomic E-state index is 13.4. The smallest absolute Gasteiger partial charge is 0.252 e. The van der Waals surface area contributed by atoms with Crippen LogP contribution in [0.3, 0.4) is 0 Å². The molecule has 1 saturated heterocycles. The molecule has 1 aliphatic heterocycles. The van der Waals surface area contributed by atoms with Gasteiger partial charge in [0.1, 0.15) is 5.82 Å². The van der Waals surface area contributed by atoms with Crippen LogP contribution in [0.4, 0.5) is 4.39 Å². The van der Waals surface area contributed by atoms with Gasteiger partial charge in [-0.3, -0.25) is 9.59 Å². The number of carbonyl (C=O) groups is 2. The van der Waals surface area contributed by atoms with Crippen LogP contribution < -0.4 is 5.32 Å². The number of nitrogens with zero attached hydrogens (tertiary/aromatic N) is 1. The molecule has 7 heteroatoms. The van der Waals surface area contributed by atoms with Gasteiger partial charge in [-0.05, 0) is 25.0 Å². The summed E-state index contributed by atoms with van der Waals surface area (Å²) in [6.45, 7) is 1.75. The van der Waals surface area contributed by atoms with E-state index in [1.54, 1.807) is 0 Å². The first-order chi connectivity index (χ1) is 11.0. The molecule has 1 aromatic rings. The average molecular weight is 361 g/mol. The van der Waals surface area contributed by atoms with Crippen LogP contribution in [-0.2, 0) is 4.79 Å². The summed E-state index contributed by atoms with van der Waals surface area (Å²) < 4.78 is 13.4. The fraction of sp³-hybridized carbons (Fsp3) is 0.500. The highest BCUT2D eigenvalue weighted by atomic mass is 35.5. The van der Waals surface area contributed by atoms with Gasteiger partial charge in [0, 0.05) is 26.1 Å². The maximum Gasteiger partial charge on any atom is 0.252 e. The van der Waals surface area contributed by atoms with Crippen molar-refractivity contribution in [3.8, 4) is 0 Å². The third-order valence-corrected chi connectivity index (χ3v) is 4.44. The van der Waals surface area contributed by atoms with Gasteiger partial charge in [0.25, 0.3) is 5.91 Å². The van der Waals surface area contributed by atoms with Crippen molar-refractivity contribution in [2.45, 2.75) is 32.1 Å². The van der Waals surface area contributed by atoms with Crippen molar-refractivity contribution in [2.75, 3.05) is 19.6 Å². The summed E-state index contributed by atoms with van der Waals surface area (Å²) in [6.07, 6.45) is 4.58. The van der Waals surface area contributed by atoms with Gasteiger partial charge in [-0.15, -0.1) is 0 Å². The molecule has 0 spiro atoms. The molecule has 23 heavy (non-hydrogen) atoms. The lowest BCUT2D eigenvalue weighted by Crippen LogP contribution is -2.35. The average Bonchev–Trinajstić information content (AvgIpc) is 2.79. The van der Waals surface area contributed by atoms with Crippen LogP contribution in [0.5, 0.6) is 0 Å². The molecular weight excluding hydrogens is 342 g/mol. The third kappa shape index (κ3) is 5.08. The number of nitrogens with one attached hydrogen (secondary N) is 1. The molecule has 0 aliphatic carbocycles. The predicted octanol–water partition coefficient (Wildman–Crippen LogP) is 3.66.